The predicted molar refractivity (Wildman–Crippen MR) is 110 cm³/mol. The Morgan fingerprint density at radius 2 is 1.97 bits per heavy atom. The molecule has 3 aliphatic rings. The summed E-state index contributed by atoms with van der Waals surface area (Å²) in [4.78, 5) is 17.1. The van der Waals surface area contributed by atoms with Crippen molar-refractivity contribution in [1.29, 1.82) is 0 Å². The van der Waals surface area contributed by atoms with Crippen molar-refractivity contribution in [2.45, 2.75) is 69.2 Å². The summed E-state index contributed by atoms with van der Waals surface area (Å²) in [5, 5.41) is 6.93. The van der Waals surface area contributed by atoms with Crippen LogP contribution in [-0.2, 0) is 10.9 Å². The summed E-state index contributed by atoms with van der Waals surface area (Å²) in [6, 6.07) is 4.44. The van der Waals surface area contributed by atoms with Crippen LogP contribution in [0.4, 0.5) is 13.2 Å². The van der Waals surface area contributed by atoms with Gasteiger partial charge >= 0.3 is 6.18 Å². The molecule has 2 saturated carbocycles. The summed E-state index contributed by atoms with van der Waals surface area (Å²) in [6.45, 7) is 6.88. The van der Waals surface area contributed by atoms with Crippen molar-refractivity contribution < 1.29 is 22.7 Å². The van der Waals surface area contributed by atoms with E-state index in [0.717, 1.165) is 12.8 Å². The first-order valence-corrected chi connectivity index (χ1v) is 10.7. The summed E-state index contributed by atoms with van der Waals surface area (Å²) in [5.74, 6) is -0.273. The number of hydrogen-bond acceptors (Lipinski definition) is 4. The Kier molecular flexibility index (Phi) is 4.44. The molecule has 2 unspecified atom stereocenters. The fraction of sp³-hybridized carbons (Fsp3) is 0.565. The zero-order chi connectivity index (χ0) is 22.2. The van der Waals surface area contributed by atoms with Gasteiger partial charge in [-0.25, -0.2) is 4.98 Å². The minimum atomic E-state index is -4.53. The number of aromatic nitrogens is 1. The van der Waals surface area contributed by atoms with Crippen molar-refractivity contribution in [1.82, 2.24) is 15.6 Å². The zero-order valence-electron chi connectivity index (χ0n) is 17.8. The Labute approximate surface area is 178 Å². The summed E-state index contributed by atoms with van der Waals surface area (Å²) < 4.78 is 47.1. The fourth-order valence-electron chi connectivity index (χ4n) is 4.76. The van der Waals surface area contributed by atoms with Crippen LogP contribution in [-0.4, -0.2) is 41.2 Å². The highest BCUT2D eigenvalue weighted by Crippen LogP contribution is 2.45. The van der Waals surface area contributed by atoms with E-state index >= 15 is 0 Å². The molecule has 1 spiro atoms. The quantitative estimate of drug-likeness (QED) is 0.766. The average Bonchev–Trinajstić information content (AvgIpc) is 3.58. The van der Waals surface area contributed by atoms with Crippen LogP contribution in [0.3, 0.4) is 0 Å². The summed E-state index contributed by atoms with van der Waals surface area (Å²) >= 11 is 0. The first-order valence-electron chi connectivity index (χ1n) is 10.7. The average molecular weight is 433 g/mol. The molecule has 5 nitrogen and oxygen atoms in total. The number of benzene rings is 1. The third kappa shape index (κ3) is 3.80. The number of morpholine rings is 1. The molecule has 3 fully saturated rings. The lowest BCUT2D eigenvalue weighted by Crippen LogP contribution is -2.60. The van der Waals surface area contributed by atoms with Crippen LogP contribution in [0.15, 0.2) is 18.2 Å². The van der Waals surface area contributed by atoms with Crippen LogP contribution in [0.5, 0.6) is 0 Å². The molecule has 166 valence electrons. The van der Waals surface area contributed by atoms with Crippen LogP contribution in [0.2, 0.25) is 0 Å². The number of pyridine rings is 1. The second-order valence-corrected chi connectivity index (χ2v) is 9.95. The number of amides is 1. The first kappa shape index (κ1) is 20.7. The molecular formula is C23H26F3N3O2. The van der Waals surface area contributed by atoms with E-state index < -0.39 is 17.6 Å². The van der Waals surface area contributed by atoms with E-state index in [4.69, 9.17) is 4.74 Å². The van der Waals surface area contributed by atoms with Gasteiger partial charge in [-0.3, -0.25) is 4.79 Å². The Bertz CT molecular complexity index is 1080. The lowest BCUT2D eigenvalue weighted by Gasteiger charge is -2.38. The Hall–Kier alpha value is -2.19. The molecular weight excluding hydrogens is 407 g/mol. The normalized spacial score (nSPS) is 27.5. The molecule has 1 aromatic carbocycles. The summed E-state index contributed by atoms with van der Waals surface area (Å²) in [7, 11) is 0. The van der Waals surface area contributed by atoms with Crippen LogP contribution >= 0.6 is 0 Å². The number of rotatable bonds is 3. The van der Waals surface area contributed by atoms with Gasteiger partial charge in [0.25, 0.3) is 5.91 Å². The molecule has 2 aromatic rings. The van der Waals surface area contributed by atoms with Gasteiger partial charge in [-0.05, 0) is 75.3 Å². The van der Waals surface area contributed by atoms with Gasteiger partial charge < -0.3 is 15.4 Å². The highest BCUT2D eigenvalue weighted by atomic mass is 19.4. The molecule has 2 aliphatic carbocycles. The van der Waals surface area contributed by atoms with Crippen molar-refractivity contribution in [3.05, 3.63) is 40.6 Å². The van der Waals surface area contributed by atoms with E-state index in [9.17, 15) is 18.0 Å². The second kappa shape index (κ2) is 6.65. The van der Waals surface area contributed by atoms with Gasteiger partial charge in [-0.2, -0.15) is 13.2 Å². The van der Waals surface area contributed by atoms with Gasteiger partial charge in [0.05, 0.1) is 35.9 Å². The maximum atomic E-state index is 13.8. The minimum Gasteiger partial charge on any atom is -0.378 e. The van der Waals surface area contributed by atoms with E-state index in [2.05, 4.69) is 15.6 Å². The highest BCUT2D eigenvalue weighted by molar-refractivity contribution is 5.97. The Morgan fingerprint density at radius 3 is 2.61 bits per heavy atom. The number of carbonyl (C=O) groups is 1. The largest absolute Gasteiger partial charge is 0.418 e. The molecule has 1 saturated heterocycles. The van der Waals surface area contributed by atoms with Gasteiger partial charge in [0, 0.05) is 10.9 Å². The zero-order valence-corrected chi connectivity index (χ0v) is 17.8. The number of nitrogens with zero attached hydrogens (tertiary/aromatic N) is 1. The van der Waals surface area contributed by atoms with Gasteiger partial charge in [0.1, 0.15) is 5.69 Å². The number of hydrogen-bond donors (Lipinski definition) is 2. The minimum absolute atomic E-state index is 0.00714. The molecule has 0 bridgehead atoms. The standard InChI is InChI=1S/C23H26F3N3O2/c1-12-6-17(20(30)28-18-9-22(18)11-31-10-21(2,3)29-22)27-19-15(12)7-14(13-4-5-13)8-16(19)23(24,25)26/h6-8,13,18,29H,4-5,9-11H2,1-3H3,(H,28,30). The monoisotopic (exact) mass is 433 g/mol. The topological polar surface area (TPSA) is 63.2 Å². The number of aryl methyl sites for hydroxylation is 1. The van der Waals surface area contributed by atoms with Crippen LogP contribution in [0.1, 0.15) is 66.2 Å². The number of fused-ring (bicyclic) bond motifs is 1. The third-order valence-electron chi connectivity index (χ3n) is 6.52. The number of alkyl halides is 3. The van der Waals surface area contributed by atoms with E-state index in [-0.39, 0.29) is 34.2 Å². The molecule has 1 aliphatic heterocycles. The van der Waals surface area contributed by atoms with Crippen molar-refractivity contribution in [3.8, 4) is 0 Å². The molecule has 2 heterocycles. The predicted octanol–water partition coefficient (Wildman–Crippen LogP) is 4.08. The van der Waals surface area contributed by atoms with Gasteiger partial charge in [0.2, 0.25) is 0 Å². The highest BCUT2D eigenvalue weighted by Gasteiger charge is 2.59. The third-order valence-corrected chi connectivity index (χ3v) is 6.52. The van der Waals surface area contributed by atoms with Gasteiger partial charge in [0.15, 0.2) is 0 Å². The van der Waals surface area contributed by atoms with Crippen molar-refractivity contribution in [2.24, 2.45) is 0 Å². The Morgan fingerprint density at radius 1 is 1.23 bits per heavy atom. The van der Waals surface area contributed by atoms with E-state index in [1.165, 1.54) is 6.07 Å². The molecule has 1 amide bonds. The molecule has 2 N–H and O–H groups in total. The molecule has 1 aromatic heterocycles. The van der Waals surface area contributed by atoms with Crippen LogP contribution in [0, 0.1) is 6.92 Å². The number of carbonyl (C=O) groups excluding carboxylic acids is 1. The Balaban J connectivity index is 1.45. The summed E-state index contributed by atoms with van der Waals surface area (Å²) in [5.41, 5.74) is -0.116. The van der Waals surface area contributed by atoms with E-state index in [1.54, 1.807) is 19.1 Å². The van der Waals surface area contributed by atoms with Crippen molar-refractivity contribution in [2.75, 3.05) is 13.2 Å². The number of halogens is 3. The van der Waals surface area contributed by atoms with Gasteiger partial charge in [-0.1, -0.05) is 0 Å². The van der Waals surface area contributed by atoms with Crippen LogP contribution in [0.25, 0.3) is 10.9 Å². The molecule has 8 heteroatoms. The summed E-state index contributed by atoms with van der Waals surface area (Å²) in [6.07, 6.45) is -2.00. The van der Waals surface area contributed by atoms with E-state index in [0.29, 0.717) is 36.1 Å². The number of ether oxygens (including phenoxy) is 1. The number of nitrogens with one attached hydrogen (secondary N) is 2. The first-order chi connectivity index (χ1) is 14.5. The molecule has 5 rings (SSSR count). The SMILES string of the molecule is Cc1cc(C(=O)NC2CC23COCC(C)(C)N3)nc2c(C(F)(F)F)cc(C3CC3)cc12. The van der Waals surface area contributed by atoms with Crippen molar-refractivity contribution in [3.63, 3.8) is 0 Å². The van der Waals surface area contributed by atoms with Crippen molar-refractivity contribution >= 4 is 16.8 Å². The van der Waals surface area contributed by atoms with Crippen LogP contribution < -0.4 is 10.6 Å². The van der Waals surface area contributed by atoms with Gasteiger partial charge in [-0.15, -0.1) is 0 Å². The smallest absolute Gasteiger partial charge is 0.378 e. The fourth-order valence-corrected chi connectivity index (χ4v) is 4.76. The lowest BCUT2D eigenvalue weighted by molar-refractivity contribution is -0.136. The maximum Gasteiger partial charge on any atom is 0.418 e. The molecule has 31 heavy (non-hydrogen) atoms. The van der Waals surface area contributed by atoms with E-state index in [1.807, 2.05) is 13.8 Å². The second-order valence-electron chi connectivity index (χ2n) is 9.95. The molecule has 2 atom stereocenters. The maximum absolute atomic E-state index is 13.8. The lowest BCUT2D eigenvalue weighted by atomic mass is 9.98. The molecule has 0 radical (unpaired) electrons.